The minimum absolute atomic E-state index is 0. The van der Waals surface area contributed by atoms with Gasteiger partial charge in [-0.2, -0.15) is 0 Å². The van der Waals surface area contributed by atoms with E-state index >= 15 is 0 Å². The van der Waals surface area contributed by atoms with Crippen molar-refractivity contribution in [1.82, 2.24) is 15.6 Å². The number of guanidine groups is 1. The summed E-state index contributed by atoms with van der Waals surface area (Å²) in [5.41, 5.74) is 1.05. The zero-order chi connectivity index (χ0) is 17.7. The van der Waals surface area contributed by atoms with Crippen molar-refractivity contribution in [3.63, 3.8) is 0 Å². The van der Waals surface area contributed by atoms with E-state index in [0.717, 1.165) is 36.8 Å². The minimum Gasteiger partial charge on any atom is -0.494 e. The molecule has 0 aliphatic heterocycles. The highest BCUT2D eigenvalue weighted by atomic mass is 127. The number of ether oxygens (including phenoxy) is 2. The average molecular weight is 470 g/mol. The van der Waals surface area contributed by atoms with Crippen LogP contribution in [0, 0.1) is 0 Å². The first-order valence-corrected chi connectivity index (χ1v) is 8.50. The third-order valence-electron chi connectivity index (χ3n) is 3.40. The van der Waals surface area contributed by atoms with Crippen LogP contribution in [0.4, 0.5) is 0 Å². The van der Waals surface area contributed by atoms with Crippen LogP contribution in [0.25, 0.3) is 0 Å². The molecule has 0 aliphatic rings. The lowest BCUT2D eigenvalue weighted by atomic mass is 10.3. The molecular weight excluding hydrogens is 443 g/mol. The van der Waals surface area contributed by atoms with Gasteiger partial charge in [0.25, 0.3) is 0 Å². The molecule has 1 aromatic heterocycles. The fraction of sp³-hybridized carbons (Fsp3) is 0.368. The van der Waals surface area contributed by atoms with Gasteiger partial charge >= 0.3 is 0 Å². The van der Waals surface area contributed by atoms with Gasteiger partial charge in [0.05, 0.1) is 20.3 Å². The van der Waals surface area contributed by atoms with Crippen molar-refractivity contribution >= 4 is 29.9 Å². The second-order valence-electron chi connectivity index (χ2n) is 5.34. The molecule has 0 saturated heterocycles. The zero-order valence-corrected chi connectivity index (χ0v) is 17.6. The van der Waals surface area contributed by atoms with Gasteiger partial charge in [-0.3, -0.25) is 0 Å². The molecule has 1 aromatic carbocycles. The summed E-state index contributed by atoms with van der Waals surface area (Å²) in [5.74, 6) is 2.29. The second-order valence-corrected chi connectivity index (χ2v) is 5.34. The summed E-state index contributed by atoms with van der Waals surface area (Å²) in [5, 5.41) is 6.56. The molecule has 0 amide bonds. The van der Waals surface area contributed by atoms with E-state index in [1.54, 1.807) is 13.3 Å². The molecule has 0 bridgehead atoms. The first-order chi connectivity index (χ1) is 12.3. The monoisotopic (exact) mass is 470 g/mol. The van der Waals surface area contributed by atoms with Crippen LogP contribution >= 0.6 is 24.0 Å². The predicted molar refractivity (Wildman–Crippen MR) is 116 cm³/mol. The Bertz CT molecular complexity index is 653. The largest absolute Gasteiger partial charge is 0.494 e. The van der Waals surface area contributed by atoms with Crippen LogP contribution in [-0.2, 0) is 6.54 Å². The molecule has 2 N–H and O–H groups in total. The Labute approximate surface area is 172 Å². The maximum absolute atomic E-state index is 5.68. The SMILES string of the molecule is CCNC(=NCc1ccnc(OC)c1)NCCCOc1ccccc1.I. The van der Waals surface area contributed by atoms with Crippen molar-refractivity contribution < 1.29 is 9.47 Å². The maximum atomic E-state index is 5.68. The summed E-state index contributed by atoms with van der Waals surface area (Å²) >= 11 is 0. The Kier molecular flexibility index (Phi) is 11.2. The molecule has 0 saturated carbocycles. The molecule has 0 unspecified atom stereocenters. The van der Waals surface area contributed by atoms with E-state index in [9.17, 15) is 0 Å². The predicted octanol–water partition coefficient (Wildman–Crippen LogP) is 3.23. The standard InChI is InChI=1S/C19H26N4O2.HI/c1-3-20-19(23-15-16-10-12-21-18(14-16)24-2)22-11-7-13-25-17-8-5-4-6-9-17;/h4-6,8-10,12,14H,3,7,11,13,15H2,1-2H3,(H2,20,22,23);1H. The minimum atomic E-state index is 0. The summed E-state index contributed by atoms with van der Waals surface area (Å²) in [6.45, 7) is 4.88. The van der Waals surface area contributed by atoms with E-state index in [0.29, 0.717) is 19.0 Å². The lowest BCUT2D eigenvalue weighted by Gasteiger charge is -2.12. The van der Waals surface area contributed by atoms with Gasteiger partial charge in [0.2, 0.25) is 5.88 Å². The Balaban J connectivity index is 0.00000338. The van der Waals surface area contributed by atoms with Gasteiger partial charge in [0.15, 0.2) is 5.96 Å². The molecule has 142 valence electrons. The van der Waals surface area contributed by atoms with Gasteiger partial charge in [-0.05, 0) is 37.1 Å². The number of halogens is 1. The van der Waals surface area contributed by atoms with E-state index in [4.69, 9.17) is 9.47 Å². The topological polar surface area (TPSA) is 67.8 Å². The van der Waals surface area contributed by atoms with E-state index < -0.39 is 0 Å². The third-order valence-corrected chi connectivity index (χ3v) is 3.40. The van der Waals surface area contributed by atoms with Crippen molar-refractivity contribution in [1.29, 1.82) is 0 Å². The quantitative estimate of drug-likeness (QED) is 0.255. The highest BCUT2D eigenvalue weighted by molar-refractivity contribution is 14.0. The number of nitrogens with one attached hydrogen (secondary N) is 2. The molecule has 26 heavy (non-hydrogen) atoms. The van der Waals surface area contributed by atoms with Crippen LogP contribution in [0.2, 0.25) is 0 Å². The van der Waals surface area contributed by atoms with Crippen LogP contribution in [0.3, 0.4) is 0 Å². The van der Waals surface area contributed by atoms with Gasteiger partial charge in [-0.25, -0.2) is 9.98 Å². The van der Waals surface area contributed by atoms with E-state index in [-0.39, 0.29) is 24.0 Å². The molecule has 7 heteroatoms. The molecule has 0 fully saturated rings. The number of benzene rings is 1. The molecule has 2 rings (SSSR count). The van der Waals surface area contributed by atoms with Crippen LogP contribution in [0.5, 0.6) is 11.6 Å². The average Bonchev–Trinajstić information content (AvgIpc) is 2.66. The summed E-state index contributed by atoms with van der Waals surface area (Å²) in [4.78, 5) is 8.69. The maximum Gasteiger partial charge on any atom is 0.213 e. The van der Waals surface area contributed by atoms with Gasteiger partial charge in [0, 0.05) is 25.4 Å². The summed E-state index contributed by atoms with van der Waals surface area (Å²) in [7, 11) is 1.61. The molecule has 1 heterocycles. The zero-order valence-electron chi connectivity index (χ0n) is 15.3. The van der Waals surface area contributed by atoms with Crippen molar-refractivity contribution in [2.75, 3.05) is 26.8 Å². The van der Waals surface area contributed by atoms with Crippen LogP contribution in [-0.4, -0.2) is 37.7 Å². The van der Waals surface area contributed by atoms with Gasteiger partial charge in [-0.15, -0.1) is 24.0 Å². The van der Waals surface area contributed by atoms with Crippen LogP contribution in [0.15, 0.2) is 53.7 Å². The third kappa shape index (κ3) is 8.37. The summed E-state index contributed by atoms with van der Waals surface area (Å²) < 4.78 is 10.8. The molecule has 0 spiro atoms. The Morgan fingerprint density at radius 3 is 2.69 bits per heavy atom. The van der Waals surface area contributed by atoms with Crippen LogP contribution < -0.4 is 20.1 Å². The van der Waals surface area contributed by atoms with Crippen LogP contribution in [0.1, 0.15) is 18.9 Å². The highest BCUT2D eigenvalue weighted by Gasteiger charge is 2.00. The number of rotatable bonds is 9. The van der Waals surface area contributed by atoms with Crippen molar-refractivity contribution in [3.8, 4) is 11.6 Å². The normalized spacial score (nSPS) is 10.6. The highest BCUT2D eigenvalue weighted by Crippen LogP contribution is 2.09. The van der Waals surface area contributed by atoms with Gasteiger partial charge < -0.3 is 20.1 Å². The number of aliphatic imine (C=N–C) groups is 1. The summed E-state index contributed by atoms with van der Waals surface area (Å²) in [6.07, 6.45) is 2.62. The summed E-state index contributed by atoms with van der Waals surface area (Å²) in [6, 6.07) is 13.7. The smallest absolute Gasteiger partial charge is 0.213 e. The van der Waals surface area contributed by atoms with Crippen molar-refractivity contribution in [2.24, 2.45) is 4.99 Å². The molecule has 0 aliphatic carbocycles. The van der Waals surface area contributed by atoms with Gasteiger partial charge in [0.1, 0.15) is 5.75 Å². The molecule has 0 atom stereocenters. The fourth-order valence-corrected chi connectivity index (χ4v) is 2.16. The fourth-order valence-electron chi connectivity index (χ4n) is 2.16. The number of hydrogen-bond acceptors (Lipinski definition) is 4. The number of pyridine rings is 1. The first kappa shape index (κ1) is 22.0. The molecule has 2 aromatic rings. The second kappa shape index (κ2) is 13.2. The van der Waals surface area contributed by atoms with E-state index in [1.165, 1.54) is 0 Å². The Morgan fingerprint density at radius 1 is 1.15 bits per heavy atom. The number of nitrogens with zero attached hydrogens (tertiary/aromatic N) is 2. The first-order valence-electron chi connectivity index (χ1n) is 8.50. The lowest BCUT2D eigenvalue weighted by molar-refractivity contribution is 0.311. The Morgan fingerprint density at radius 2 is 1.96 bits per heavy atom. The molecule has 0 radical (unpaired) electrons. The van der Waals surface area contributed by atoms with Crippen molar-refractivity contribution in [2.45, 2.75) is 19.9 Å². The van der Waals surface area contributed by atoms with E-state index in [1.807, 2.05) is 49.4 Å². The number of hydrogen-bond donors (Lipinski definition) is 2. The Hall–Kier alpha value is -2.03. The molecular formula is C19H27IN4O2. The lowest BCUT2D eigenvalue weighted by Crippen LogP contribution is -2.38. The number of para-hydroxylation sites is 1. The van der Waals surface area contributed by atoms with Gasteiger partial charge in [-0.1, -0.05) is 18.2 Å². The van der Waals surface area contributed by atoms with E-state index in [2.05, 4.69) is 20.6 Å². The molecule has 6 nitrogen and oxygen atoms in total. The van der Waals surface area contributed by atoms with Crippen molar-refractivity contribution in [3.05, 3.63) is 54.2 Å². The number of methoxy groups -OCH3 is 1. The number of aromatic nitrogens is 1.